The number of allylic oxidation sites excluding steroid dienone is 3. The quantitative estimate of drug-likeness (QED) is 0.527. The van der Waals surface area contributed by atoms with Crippen LogP contribution in [-0.2, 0) is 9.59 Å². The molecule has 0 unspecified atom stereocenters. The van der Waals surface area contributed by atoms with Crippen molar-refractivity contribution in [3.8, 4) is 0 Å². The van der Waals surface area contributed by atoms with Gasteiger partial charge in [-0.1, -0.05) is 0 Å². The van der Waals surface area contributed by atoms with Crippen LogP contribution in [0, 0.1) is 0 Å². The van der Waals surface area contributed by atoms with Gasteiger partial charge in [0, 0.05) is 46.6 Å². The van der Waals surface area contributed by atoms with E-state index in [4.69, 9.17) is 0 Å². The summed E-state index contributed by atoms with van der Waals surface area (Å²) in [4.78, 5) is 27.7. The zero-order valence-electron chi connectivity index (χ0n) is 10.8. The molecule has 0 bridgehead atoms. The van der Waals surface area contributed by atoms with E-state index < -0.39 is 0 Å². The minimum absolute atomic E-state index is 0.00690. The van der Waals surface area contributed by atoms with Crippen molar-refractivity contribution < 1.29 is 9.59 Å². The van der Waals surface area contributed by atoms with Crippen molar-refractivity contribution in [2.75, 3.05) is 28.2 Å². The Balaban J connectivity index is 2.41. The summed E-state index contributed by atoms with van der Waals surface area (Å²) in [6.45, 7) is 0. The molecular weight excluding hydrogens is 216 g/mol. The van der Waals surface area contributed by atoms with Crippen molar-refractivity contribution in [1.82, 2.24) is 9.80 Å². The average molecular weight is 234 g/mol. The zero-order valence-corrected chi connectivity index (χ0v) is 10.8. The highest BCUT2D eigenvalue weighted by Crippen LogP contribution is 2.44. The molecule has 1 fully saturated rings. The Kier molecular flexibility index (Phi) is 2.81. The first kappa shape index (κ1) is 11.9. The lowest BCUT2D eigenvalue weighted by Gasteiger charge is -2.13. The molecular formula is C13H18N2O2. The molecule has 0 aliphatic heterocycles. The third-order valence-electron chi connectivity index (χ3n) is 3.15. The first-order valence-corrected chi connectivity index (χ1v) is 5.85. The SMILES string of the molecule is CN(C)C1=C(N(C)C)C1=C1C(=O)CCCC1=O. The molecule has 0 heterocycles. The Hall–Kier alpha value is -1.58. The van der Waals surface area contributed by atoms with Crippen LogP contribution in [0.15, 0.2) is 22.5 Å². The van der Waals surface area contributed by atoms with E-state index in [9.17, 15) is 9.59 Å². The van der Waals surface area contributed by atoms with Gasteiger partial charge >= 0.3 is 0 Å². The summed E-state index contributed by atoms with van der Waals surface area (Å²) >= 11 is 0. The smallest absolute Gasteiger partial charge is 0.167 e. The molecule has 1 saturated carbocycles. The van der Waals surface area contributed by atoms with Gasteiger partial charge in [0.05, 0.1) is 17.0 Å². The largest absolute Gasteiger partial charge is 0.375 e. The van der Waals surface area contributed by atoms with E-state index in [1.54, 1.807) is 0 Å². The second-order valence-electron chi connectivity index (χ2n) is 4.94. The summed E-state index contributed by atoms with van der Waals surface area (Å²) in [5.41, 5.74) is 3.35. The van der Waals surface area contributed by atoms with E-state index in [0.29, 0.717) is 24.8 Å². The van der Waals surface area contributed by atoms with Gasteiger partial charge in [0.15, 0.2) is 11.6 Å². The third kappa shape index (κ3) is 1.88. The Labute approximate surface area is 102 Å². The fourth-order valence-corrected chi connectivity index (χ4v) is 2.37. The second kappa shape index (κ2) is 4.02. The molecule has 0 aromatic heterocycles. The number of ketones is 2. The number of likely N-dealkylation sites (N-methyl/N-ethyl adjacent to an activating group) is 2. The van der Waals surface area contributed by atoms with Gasteiger partial charge in [0.25, 0.3) is 0 Å². The fourth-order valence-electron chi connectivity index (χ4n) is 2.37. The number of hydrogen-bond donors (Lipinski definition) is 0. The fraction of sp³-hybridized carbons (Fsp3) is 0.538. The van der Waals surface area contributed by atoms with Crippen molar-refractivity contribution in [3.05, 3.63) is 22.5 Å². The molecule has 0 radical (unpaired) electrons. The van der Waals surface area contributed by atoms with Crippen molar-refractivity contribution >= 4 is 11.6 Å². The van der Waals surface area contributed by atoms with E-state index in [1.165, 1.54) is 0 Å². The molecule has 0 atom stereocenters. The minimum atomic E-state index is 0.00690. The molecule has 2 rings (SSSR count). The second-order valence-corrected chi connectivity index (χ2v) is 4.94. The molecule has 4 nitrogen and oxygen atoms in total. The van der Waals surface area contributed by atoms with Gasteiger partial charge in [0.1, 0.15) is 0 Å². The summed E-state index contributed by atoms with van der Waals surface area (Å²) < 4.78 is 0. The predicted molar refractivity (Wildman–Crippen MR) is 65.3 cm³/mol. The molecule has 2 aliphatic rings. The summed E-state index contributed by atoms with van der Waals surface area (Å²) in [7, 11) is 7.74. The lowest BCUT2D eigenvalue weighted by molar-refractivity contribution is -0.123. The van der Waals surface area contributed by atoms with E-state index in [-0.39, 0.29) is 11.6 Å². The number of carbonyl (C=O) groups excluding carboxylic acids is 2. The van der Waals surface area contributed by atoms with Crippen molar-refractivity contribution in [2.24, 2.45) is 0 Å². The molecule has 0 N–H and O–H groups in total. The highest BCUT2D eigenvalue weighted by atomic mass is 16.1. The van der Waals surface area contributed by atoms with Crippen LogP contribution in [-0.4, -0.2) is 49.6 Å². The van der Waals surface area contributed by atoms with Gasteiger partial charge in [0.2, 0.25) is 0 Å². The Morgan fingerprint density at radius 1 is 0.765 bits per heavy atom. The molecule has 0 saturated heterocycles. The van der Waals surface area contributed by atoms with Gasteiger partial charge in [-0.3, -0.25) is 9.59 Å². The van der Waals surface area contributed by atoms with Crippen LogP contribution in [0.2, 0.25) is 0 Å². The summed E-state index contributed by atoms with van der Waals surface area (Å²) in [6, 6.07) is 0. The third-order valence-corrected chi connectivity index (χ3v) is 3.15. The van der Waals surface area contributed by atoms with Gasteiger partial charge in [-0.15, -0.1) is 0 Å². The van der Waals surface area contributed by atoms with Gasteiger partial charge < -0.3 is 9.80 Å². The zero-order chi connectivity index (χ0) is 12.7. The monoisotopic (exact) mass is 234 g/mol. The average Bonchev–Trinajstić information content (AvgIpc) is 2.92. The Bertz CT molecular complexity index is 418. The van der Waals surface area contributed by atoms with E-state index in [1.807, 2.05) is 38.0 Å². The van der Waals surface area contributed by atoms with Crippen LogP contribution in [0.5, 0.6) is 0 Å². The highest BCUT2D eigenvalue weighted by Gasteiger charge is 2.41. The predicted octanol–water partition coefficient (Wildman–Crippen LogP) is 0.954. The van der Waals surface area contributed by atoms with Crippen LogP contribution in [0.4, 0.5) is 0 Å². The van der Waals surface area contributed by atoms with E-state index >= 15 is 0 Å². The summed E-state index contributed by atoms with van der Waals surface area (Å²) in [5.74, 6) is 0.0138. The molecule has 17 heavy (non-hydrogen) atoms. The Morgan fingerprint density at radius 3 is 1.53 bits per heavy atom. The number of nitrogens with zero attached hydrogens (tertiary/aromatic N) is 2. The normalized spacial score (nSPS) is 20.0. The number of rotatable bonds is 2. The van der Waals surface area contributed by atoms with Crippen molar-refractivity contribution in [2.45, 2.75) is 19.3 Å². The standard InChI is InChI=1S/C13H18N2O2/c1-14(2)12-11(13(12)15(3)4)10-8(16)6-5-7-9(10)17/h5-7H2,1-4H3. The molecule has 92 valence electrons. The lowest BCUT2D eigenvalue weighted by Crippen LogP contribution is -2.20. The van der Waals surface area contributed by atoms with Crippen molar-refractivity contribution in [1.29, 1.82) is 0 Å². The first-order chi connectivity index (χ1) is 7.95. The molecule has 2 aliphatic carbocycles. The van der Waals surface area contributed by atoms with Crippen LogP contribution >= 0.6 is 0 Å². The highest BCUT2D eigenvalue weighted by molar-refractivity contribution is 6.24. The maximum absolute atomic E-state index is 11.9. The number of carbonyl (C=O) groups is 2. The lowest BCUT2D eigenvalue weighted by atomic mass is 9.91. The van der Waals surface area contributed by atoms with Gasteiger partial charge in [-0.2, -0.15) is 0 Å². The van der Waals surface area contributed by atoms with E-state index in [0.717, 1.165) is 17.0 Å². The van der Waals surface area contributed by atoms with Crippen LogP contribution in [0.1, 0.15) is 19.3 Å². The van der Waals surface area contributed by atoms with E-state index in [2.05, 4.69) is 0 Å². The molecule has 0 amide bonds. The topological polar surface area (TPSA) is 40.6 Å². The molecule has 0 spiro atoms. The number of Topliss-reactive ketones (excluding diaryl/α,β-unsaturated/α-hetero) is 2. The summed E-state index contributed by atoms with van der Waals surface area (Å²) in [6.07, 6.45) is 1.71. The number of hydrogen-bond acceptors (Lipinski definition) is 4. The maximum atomic E-state index is 11.9. The first-order valence-electron chi connectivity index (χ1n) is 5.85. The van der Waals surface area contributed by atoms with Crippen LogP contribution in [0.25, 0.3) is 0 Å². The van der Waals surface area contributed by atoms with Crippen LogP contribution < -0.4 is 0 Å². The van der Waals surface area contributed by atoms with Gasteiger partial charge in [-0.25, -0.2) is 0 Å². The molecule has 4 heteroatoms. The maximum Gasteiger partial charge on any atom is 0.167 e. The van der Waals surface area contributed by atoms with Gasteiger partial charge in [-0.05, 0) is 6.42 Å². The summed E-state index contributed by atoms with van der Waals surface area (Å²) in [5, 5.41) is 0. The van der Waals surface area contributed by atoms with Crippen molar-refractivity contribution in [3.63, 3.8) is 0 Å². The molecule has 0 aromatic carbocycles. The minimum Gasteiger partial charge on any atom is -0.375 e. The van der Waals surface area contributed by atoms with Crippen LogP contribution in [0.3, 0.4) is 0 Å². The Morgan fingerprint density at radius 2 is 1.18 bits per heavy atom. The molecule has 0 aromatic rings.